The smallest absolute Gasteiger partial charge is 0.313 e. The average Bonchev–Trinajstić information content (AvgIpc) is 3.08. The highest BCUT2D eigenvalue weighted by atomic mass is 32.1. The van der Waals surface area contributed by atoms with Crippen molar-refractivity contribution in [3.05, 3.63) is 52.2 Å². The molecule has 2 amide bonds. The molecule has 0 aliphatic heterocycles. The average molecular weight is 332 g/mol. The first-order chi connectivity index (χ1) is 10.9. The Morgan fingerprint density at radius 3 is 2.57 bits per heavy atom. The summed E-state index contributed by atoms with van der Waals surface area (Å²) in [6, 6.07) is 10.9. The molecule has 5 nitrogen and oxygen atoms in total. The van der Waals surface area contributed by atoms with E-state index >= 15 is 0 Å². The maximum absolute atomic E-state index is 12.0. The van der Waals surface area contributed by atoms with Crippen LogP contribution in [0.5, 0.6) is 0 Å². The molecule has 1 unspecified atom stereocenters. The fourth-order valence-electron chi connectivity index (χ4n) is 2.13. The largest absolute Gasteiger partial charge is 0.383 e. The van der Waals surface area contributed by atoms with Crippen LogP contribution >= 0.6 is 11.3 Å². The Hall–Kier alpha value is -2.18. The van der Waals surface area contributed by atoms with Crippen LogP contribution in [0.25, 0.3) is 0 Å². The lowest BCUT2D eigenvalue weighted by molar-refractivity contribution is -0.136. The molecule has 0 aliphatic carbocycles. The molecule has 122 valence electrons. The van der Waals surface area contributed by atoms with Crippen molar-refractivity contribution in [2.24, 2.45) is 0 Å². The number of amides is 2. The predicted octanol–water partition coefficient (Wildman–Crippen LogP) is 2.27. The molecule has 0 saturated carbocycles. The molecule has 1 heterocycles. The first kappa shape index (κ1) is 17.2. The van der Waals surface area contributed by atoms with Crippen LogP contribution in [0.15, 0.2) is 41.8 Å². The van der Waals surface area contributed by atoms with Crippen molar-refractivity contribution in [1.29, 1.82) is 0 Å². The molecule has 0 saturated heterocycles. The molecule has 23 heavy (non-hydrogen) atoms. The van der Waals surface area contributed by atoms with E-state index in [1.165, 1.54) is 11.3 Å². The van der Waals surface area contributed by atoms with Gasteiger partial charge < -0.3 is 15.7 Å². The lowest BCUT2D eigenvalue weighted by Gasteiger charge is -2.22. The van der Waals surface area contributed by atoms with Crippen molar-refractivity contribution >= 4 is 28.8 Å². The van der Waals surface area contributed by atoms with Gasteiger partial charge in [0.05, 0.1) is 6.54 Å². The predicted molar refractivity (Wildman–Crippen MR) is 91.3 cm³/mol. The Balaban J connectivity index is 1.94. The molecular weight excluding hydrogens is 312 g/mol. The van der Waals surface area contributed by atoms with Crippen molar-refractivity contribution in [3.8, 4) is 0 Å². The minimum Gasteiger partial charge on any atom is -0.383 e. The zero-order valence-electron chi connectivity index (χ0n) is 13.1. The number of benzene rings is 1. The molecule has 0 spiro atoms. The first-order valence-electron chi connectivity index (χ1n) is 7.37. The number of anilines is 1. The summed E-state index contributed by atoms with van der Waals surface area (Å²) >= 11 is 1.40. The zero-order valence-corrected chi connectivity index (χ0v) is 13.9. The van der Waals surface area contributed by atoms with E-state index in [-0.39, 0.29) is 6.54 Å². The van der Waals surface area contributed by atoms with Crippen LogP contribution < -0.4 is 10.6 Å². The minimum absolute atomic E-state index is 0.0325. The minimum atomic E-state index is -1.20. The van der Waals surface area contributed by atoms with Gasteiger partial charge in [-0.25, -0.2) is 0 Å². The van der Waals surface area contributed by atoms with Crippen LogP contribution in [0.4, 0.5) is 5.69 Å². The van der Waals surface area contributed by atoms with Crippen LogP contribution in [0.1, 0.15) is 24.3 Å². The van der Waals surface area contributed by atoms with Gasteiger partial charge in [-0.05, 0) is 36.4 Å². The number of aliphatic hydroxyl groups is 1. The van der Waals surface area contributed by atoms with Crippen molar-refractivity contribution in [2.45, 2.75) is 25.9 Å². The maximum atomic E-state index is 12.0. The summed E-state index contributed by atoms with van der Waals surface area (Å²) in [5.74, 6) is -1.51. The summed E-state index contributed by atoms with van der Waals surface area (Å²) < 4.78 is 0. The van der Waals surface area contributed by atoms with E-state index in [1.807, 2.05) is 30.5 Å². The fourth-order valence-corrected chi connectivity index (χ4v) is 2.92. The second-order valence-corrected chi connectivity index (χ2v) is 6.35. The van der Waals surface area contributed by atoms with E-state index in [9.17, 15) is 14.7 Å². The maximum Gasteiger partial charge on any atom is 0.313 e. The Morgan fingerprint density at radius 2 is 1.91 bits per heavy atom. The normalized spacial score (nSPS) is 13.2. The second kappa shape index (κ2) is 7.39. The number of rotatable bonds is 5. The van der Waals surface area contributed by atoms with Crippen molar-refractivity contribution in [1.82, 2.24) is 5.32 Å². The van der Waals surface area contributed by atoms with E-state index in [0.717, 1.165) is 16.9 Å². The second-order valence-electron chi connectivity index (χ2n) is 5.40. The summed E-state index contributed by atoms with van der Waals surface area (Å²) in [6.45, 7) is 3.54. The first-order valence-corrected chi connectivity index (χ1v) is 8.25. The number of para-hydroxylation sites is 1. The van der Waals surface area contributed by atoms with Gasteiger partial charge in [-0.15, -0.1) is 11.3 Å². The van der Waals surface area contributed by atoms with Gasteiger partial charge in [0, 0.05) is 10.6 Å². The highest BCUT2D eigenvalue weighted by Gasteiger charge is 2.26. The Bertz CT molecular complexity index is 681. The number of aryl methyl sites for hydroxylation is 1. The summed E-state index contributed by atoms with van der Waals surface area (Å²) in [5, 5.41) is 17.3. The van der Waals surface area contributed by atoms with Crippen molar-refractivity contribution in [2.75, 3.05) is 11.9 Å². The monoisotopic (exact) mass is 332 g/mol. The van der Waals surface area contributed by atoms with Crippen molar-refractivity contribution in [3.63, 3.8) is 0 Å². The quantitative estimate of drug-likeness (QED) is 0.735. The lowest BCUT2D eigenvalue weighted by atomic mass is 10.1. The van der Waals surface area contributed by atoms with Gasteiger partial charge in [-0.1, -0.05) is 31.2 Å². The van der Waals surface area contributed by atoms with E-state index in [0.29, 0.717) is 5.69 Å². The summed E-state index contributed by atoms with van der Waals surface area (Å²) in [4.78, 5) is 24.6. The van der Waals surface area contributed by atoms with Crippen LogP contribution in [0, 0.1) is 0 Å². The SMILES string of the molecule is CCc1ccccc1NC(=O)C(=O)NCC(C)(O)c1cccs1. The highest BCUT2D eigenvalue weighted by Crippen LogP contribution is 2.24. The third kappa shape index (κ3) is 4.40. The number of hydrogen-bond acceptors (Lipinski definition) is 4. The molecule has 1 atom stereocenters. The van der Waals surface area contributed by atoms with Gasteiger partial charge in [0.25, 0.3) is 0 Å². The summed E-state index contributed by atoms with van der Waals surface area (Å²) in [5.41, 5.74) is 0.380. The fraction of sp³-hybridized carbons (Fsp3) is 0.294. The van der Waals surface area contributed by atoms with Gasteiger partial charge in [0.1, 0.15) is 5.60 Å². The topological polar surface area (TPSA) is 78.4 Å². The molecular formula is C17H20N2O3S. The van der Waals surface area contributed by atoms with Crippen molar-refractivity contribution < 1.29 is 14.7 Å². The van der Waals surface area contributed by atoms with Gasteiger partial charge in [-0.2, -0.15) is 0 Å². The van der Waals surface area contributed by atoms with Crippen LogP contribution in [0.3, 0.4) is 0 Å². The molecule has 3 N–H and O–H groups in total. The van der Waals surface area contributed by atoms with Crippen LogP contribution in [-0.4, -0.2) is 23.5 Å². The van der Waals surface area contributed by atoms with Gasteiger partial charge in [-0.3, -0.25) is 9.59 Å². The Labute approximate surface area is 139 Å². The molecule has 0 aliphatic rings. The molecule has 0 bridgehead atoms. The van der Waals surface area contributed by atoms with Gasteiger partial charge >= 0.3 is 11.8 Å². The molecule has 1 aromatic heterocycles. The van der Waals surface area contributed by atoms with Gasteiger partial charge in [0.15, 0.2) is 0 Å². The number of thiophene rings is 1. The molecule has 6 heteroatoms. The number of hydrogen-bond donors (Lipinski definition) is 3. The van der Waals surface area contributed by atoms with E-state index in [4.69, 9.17) is 0 Å². The summed E-state index contributed by atoms with van der Waals surface area (Å²) in [6.07, 6.45) is 0.755. The Kier molecular flexibility index (Phi) is 5.52. The van der Waals surface area contributed by atoms with E-state index < -0.39 is 17.4 Å². The lowest BCUT2D eigenvalue weighted by Crippen LogP contribution is -2.43. The highest BCUT2D eigenvalue weighted by molar-refractivity contribution is 7.10. The third-order valence-electron chi connectivity index (χ3n) is 3.50. The van der Waals surface area contributed by atoms with Crippen LogP contribution in [0.2, 0.25) is 0 Å². The summed E-state index contributed by atoms with van der Waals surface area (Å²) in [7, 11) is 0. The van der Waals surface area contributed by atoms with E-state index in [2.05, 4.69) is 10.6 Å². The van der Waals surface area contributed by atoms with E-state index in [1.54, 1.807) is 25.1 Å². The molecule has 0 radical (unpaired) electrons. The number of carbonyl (C=O) groups is 2. The molecule has 1 aromatic carbocycles. The Morgan fingerprint density at radius 1 is 1.17 bits per heavy atom. The van der Waals surface area contributed by atoms with Crippen LogP contribution in [-0.2, 0) is 21.6 Å². The zero-order chi connectivity index (χ0) is 16.9. The molecule has 2 rings (SSSR count). The molecule has 0 fully saturated rings. The number of nitrogens with one attached hydrogen (secondary N) is 2. The number of carbonyl (C=O) groups excluding carboxylic acids is 2. The standard InChI is InChI=1S/C17H20N2O3S/c1-3-12-7-4-5-8-13(12)19-16(21)15(20)18-11-17(2,22)14-9-6-10-23-14/h4-10,22H,3,11H2,1-2H3,(H,18,20)(H,19,21). The van der Waals surface area contributed by atoms with Gasteiger partial charge in [0.2, 0.25) is 0 Å². The molecule has 2 aromatic rings. The third-order valence-corrected chi connectivity index (χ3v) is 4.62.